The maximum atomic E-state index is 11.0. The van der Waals surface area contributed by atoms with E-state index in [1.54, 1.807) is 0 Å². The monoisotopic (exact) mass is 331 g/mol. The van der Waals surface area contributed by atoms with Gasteiger partial charge >= 0.3 is 5.76 Å². The zero-order valence-corrected chi connectivity index (χ0v) is 14.1. The molecule has 0 bridgehead atoms. The summed E-state index contributed by atoms with van der Waals surface area (Å²) in [6, 6.07) is 7.71. The first-order valence-corrected chi connectivity index (χ1v) is 8.67. The molecule has 0 atom stereocenters. The molecule has 5 nitrogen and oxygen atoms in total. The SMILES string of the molecule is CC1(COc2ccc(Cc3oc(=O)[nH]c3O)cc2)CCCCCC1. The van der Waals surface area contributed by atoms with E-state index in [9.17, 15) is 9.90 Å². The normalized spacial score (nSPS) is 17.4. The van der Waals surface area contributed by atoms with E-state index in [0.717, 1.165) is 17.9 Å². The molecular formula is C19H25NO4. The van der Waals surface area contributed by atoms with Crippen LogP contribution in [-0.2, 0) is 6.42 Å². The second-order valence-electron chi connectivity index (χ2n) is 7.12. The average molecular weight is 331 g/mol. The zero-order chi connectivity index (χ0) is 17.0. The molecule has 0 unspecified atom stereocenters. The second-order valence-corrected chi connectivity index (χ2v) is 7.12. The number of hydrogen-bond acceptors (Lipinski definition) is 4. The first kappa shape index (κ1) is 16.7. The highest BCUT2D eigenvalue weighted by Gasteiger charge is 2.26. The highest BCUT2D eigenvalue weighted by molar-refractivity contribution is 5.31. The lowest BCUT2D eigenvalue weighted by atomic mass is 9.83. The molecular weight excluding hydrogens is 306 g/mol. The predicted octanol–water partition coefficient (Wildman–Crippen LogP) is 4.00. The van der Waals surface area contributed by atoms with Crippen LogP contribution in [0.25, 0.3) is 0 Å². The molecule has 0 amide bonds. The van der Waals surface area contributed by atoms with Gasteiger partial charge in [-0.2, -0.15) is 0 Å². The number of ether oxygens (including phenoxy) is 1. The van der Waals surface area contributed by atoms with Crippen molar-refractivity contribution in [2.24, 2.45) is 5.41 Å². The number of rotatable bonds is 5. The molecule has 1 aromatic heterocycles. The van der Waals surface area contributed by atoms with Crippen LogP contribution in [0.3, 0.4) is 0 Å². The molecule has 2 N–H and O–H groups in total. The smallest absolute Gasteiger partial charge is 0.419 e. The first-order valence-electron chi connectivity index (χ1n) is 8.67. The molecule has 2 aromatic rings. The molecule has 0 radical (unpaired) electrons. The summed E-state index contributed by atoms with van der Waals surface area (Å²) in [6.45, 7) is 3.07. The minimum atomic E-state index is -0.640. The van der Waals surface area contributed by atoms with Gasteiger partial charge in [-0.3, -0.25) is 4.98 Å². The molecule has 0 aliphatic heterocycles. The third kappa shape index (κ3) is 4.22. The van der Waals surface area contributed by atoms with Crippen molar-refractivity contribution in [3.8, 4) is 11.6 Å². The number of aromatic nitrogens is 1. The van der Waals surface area contributed by atoms with Gasteiger partial charge in [-0.05, 0) is 30.5 Å². The van der Waals surface area contributed by atoms with Gasteiger partial charge in [-0.25, -0.2) is 4.79 Å². The van der Waals surface area contributed by atoms with Gasteiger partial charge in [0.05, 0.1) is 6.61 Å². The molecule has 5 heteroatoms. The number of hydrogen-bond donors (Lipinski definition) is 2. The van der Waals surface area contributed by atoms with Crippen molar-refractivity contribution in [3.05, 3.63) is 46.1 Å². The van der Waals surface area contributed by atoms with Crippen LogP contribution in [0, 0.1) is 5.41 Å². The van der Waals surface area contributed by atoms with E-state index >= 15 is 0 Å². The van der Waals surface area contributed by atoms with E-state index in [1.165, 1.54) is 38.5 Å². The van der Waals surface area contributed by atoms with E-state index in [1.807, 2.05) is 24.3 Å². The quantitative estimate of drug-likeness (QED) is 0.812. The van der Waals surface area contributed by atoms with E-state index in [2.05, 4.69) is 11.9 Å². The number of oxazole rings is 1. The maximum Gasteiger partial charge on any atom is 0.419 e. The summed E-state index contributed by atoms with van der Waals surface area (Å²) < 4.78 is 10.9. The number of benzene rings is 1. The summed E-state index contributed by atoms with van der Waals surface area (Å²) in [6.07, 6.45) is 8.10. The predicted molar refractivity (Wildman–Crippen MR) is 91.5 cm³/mol. The summed E-state index contributed by atoms with van der Waals surface area (Å²) in [5, 5.41) is 9.55. The highest BCUT2D eigenvalue weighted by atomic mass is 16.5. The molecule has 1 aliphatic carbocycles. The zero-order valence-electron chi connectivity index (χ0n) is 14.1. The average Bonchev–Trinajstić information content (AvgIpc) is 2.74. The van der Waals surface area contributed by atoms with Crippen LogP contribution in [0.4, 0.5) is 0 Å². The van der Waals surface area contributed by atoms with Gasteiger partial charge in [0.15, 0.2) is 5.76 Å². The number of H-pyrrole nitrogens is 1. The van der Waals surface area contributed by atoms with Crippen LogP contribution in [0.1, 0.15) is 56.8 Å². The second kappa shape index (κ2) is 7.16. The Bertz CT molecular complexity index is 706. The van der Waals surface area contributed by atoms with Crippen molar-refractivity contribution in [1.82, 2.24) is 4.98 Å². The van der Waals surface area contributed by atoms with Crippen molar-refractivity contribution >= 4 is 0 Å². The van der Waals surface area contributed by atoms with E-state index in [-0.39, 0.29) is 17.1 Å². The van der Waals surface area contributed by atoms with Crippen LogP contribution >= 0.6 is 0 Å². The first-order chi connectivity index (χ1) is 11.5. The highest BCUT2D eigenvalue weighted by Crippen LogP contribution is 2.35. The Morgan fingerprint density at radius 3 is 2.42 bits per heavy atom. The van der Waals surface area contributed by atoms with Crippen molar-refractivity contribution in [2.75, 3.05) is 6.61 Å². The fraction of sp³-hybridized carbons (Fsp3) is 0.526. The Hall–Kier alpha value is -2.17. The number of nitrogens with one attached hydrogen (secondary N) is 1. The third-order valence-electron chi connectivity index (χ3n) is 4.89. The fourth-order valence-corrected chi connectivity index (χ4v) is 3.34. The minimum absolute atomic E-state index is 0.207. The molecule has 130 valence electrons. The van der Waals surface area contributed by atoms with Crippen LogP contribution in [-0.4, -0.2) is 16.7 Å². The molecule has 3 rings (SSSR count). The lowest BCUT2D eigenvalue weighted by Gasteiger charge is -2.28. The van der Waals surface area contributed by atoms with Gasteiger partial charge < -0.3 is 14.3 Å². The molecule has 1 aromatic carbocycles. The molecule has 1 aliphatic rings. The summed E-state index contributed by atoms with van der Waals surface area (Å²) in [5.41, 5.74) is 1.22. The Balaban J connectivity index is 1.58. The van der Waals surface area contributed by atoms with E-state index < -0.39 is 5.76 Å². The minimum Gasteiger partial charge on any atom is -0.493 e. The van der Waals surface area contributed by atoms with Crippen LogP contribution in [0.2, 0.25) is 0 Å². The van der Waals surface area contributed by atoms with Crippen LogP contribution < -0.4 is 10.5 Å². The van der Waals surface area contributed by atoms with Crippen LogP contribution in [0.5, 0.6) is 11.6 Å². The summed E-state index contributed by atoms with van der Waals surface area (Å²) in [7, 11) is 0. The molecule has 0 saturated heterocycles. The van der Waals surface area contributed by atoms with Crippen molar-refractivity contribution in [3.63, 3.8) is 0 Å². The summed E-state index contributed by atoms with van der Waals surface area (Å²) in [5.74, 6) is 0.254. The topological polar surface area (TPSA) is 75.5 Å². The molecule has 24 heavy (non-hydrogen) atoms. The molecule has 0 spiro atoms. The molecule has 1 heterocycles. The van der Waals surface area contributed by atoms with Crippen molar-refractivity contribution < 1.29 is 14.3 Å². The van der Waals surface area contributed by atoms with E-state index in [4.69, 9.17) is 9.15 Å². The largest absolute Gasteiger partial charge is 0.493 e. The fourth-order valence-electron chi connectivity index (χ4n) is 3.34. The van der Waals surface area contributed by atoms with Gasteiger partial charge in [-0.15, -0.1) is 0 Å². The maximum absolute atomic E-state index is 11.0. The Kier molecular flexibility index (Phi) is 4.97. The molecule has 1 saturated carbocycles. The van der Waals surface area contributed by atoms with Gasteiger partial charge in [0.1, 0.15) is 5.75 Å². The van der Waals surface area contributed by atoms with Gasteiger partial charge in [0, 0.05) is 11.8 Å². The lowest BCUT2D eigenvalue weighted by Crippen LogP contribution is -2.24. The van der Waals surface area contributed by atoms with Gasteiger partial charge in [0.25, 0.3) is 0 Å². The van der Waals surface area contributed by atoms with Gasteiger partial charge in [-0.1, -0.05) is 44.7 Å². The lowest BCUT2D eigenvalue weighted by molar-refractivity contribution is 0.143. The molecule has 1 fully saturated rings. The number of aromatic hydroxyl groups is 1. The van der Waals surface area contributed by atoms with E-state index in [0.29, 0.717) is 6.42 Å². The Labute approximate surface area is 141 Å². The number of aromatic amines is 1. The van der Waals surface area contributed by atoms with Gasteiger partial charge in [0.2, 0.25) is 5.88 Å². The summed E-state index contributed by atoms with van der Waals surface area (Å²) in [4.78, 5) is 13.3. The third-order valence-corrected chi connectivity index (χ3v) is 4.89. The summed E-state index contributed by atoms with van der Waals surface area (Å²) >= 11 is 0. The van der Waals surface area contributed by atoms with Crippen molar-refractivity contribution in [2.45, 2.75) is 51.9 Å². The Morgan fingerprint density at radius 2 is 1.83 bits per heavy atom. The van der Waals surface area contributed by atoms with Crippen LogP contribution in [0.15, 0.2) is 33.5 Å². The standard InChI is InChI=1S/C19H25NO4/c1-19(10-4-2-3-5-11-19)13-23-15-8-6-14(7-9-15)12-16-17(21)20-18(22)24-16/h6-9,21H,2-5,10-13H2,1H3,(H,20,22). The Morgan fingerprint density at radius 1 is 1.17 bits per heavy atom. The van der Waals surface area contributed by atoms with Crippen molar-refractivity contribution in [1.29, 1.82) is 0 Å².